The molecular weight excluding hydrogens is 192 g/mol. The SMILES string of the molecule is CC(C)C(=O)N1CCN(CCC[O])CC1. The van der Waals surface area contributed by atoms with Gasteiger partial charge in [-0.15, -0.1) is 0 Å². The molecule has 87 valence electrons. The third-order valence-corrected chi connectivity index (χ3v) is 2.80. The van der Waals surface area contributed by atoms with Crippen molar-refractivity contribution in [2.75, 3.05) is 39.3 Å². The van der Waals surface area contributed by atoms with Crippen molar-refractivity contribution in [3.8, 4) is 0 Å². The molecule has 1 saturated heterocycles. The fraction of sp³-hybridized carbons (Fsp3) is 0.909. The molecule has 1 rings (SSSR count). The molecule has 1 heterocycles. The predicted molar refractivity (Wildman–Crippen MR) is 58.0 cm³/mol. The minimum atomic E-state index is 0.00510. The van der Waals surface area contributed by atoms with Crippen LogP contribution < -0.4 is 0 Å². The Balaban J connectivity index is 2.26. The Morgan fingerprint density at radius 1 is 1.20 bits per heavy atom. The van der Waals surface area contributed by atoms with E-state index in [2.05, 4.69) is 4.90 Å². The van der Waals surface area contributed by atoms with Crippen LogP contribution in [0, 0.1) is 5.92 Å². The van der Waals surface area contributed by atoms with Crippen LogP contribution >= 0.6 is 0 Å². The maximum atomic E-state index is 11.7. The minimum Gasteiger partial charge on any atom is -0.340 e. The van der Waals surface area contributed by atoms with E-state index in [1.54, 1.807) is 0 Å². The third kappa shape index (κ3) is 3.80. The molecule has 15 heavy (non-hydrogen) atoms. The highest BCUT2D eigenvalue weighted by Gasteiger charge is 2.22. The maximum absolute atomic E-state index is 11.7. The van der Waals surface area contributed by atoms with E-state index in [0.717, 1.165) is 39.1 Å². The summed E-state index contributed by atoms with van der Waals surface area (Å²) in [5, 5.41) is 10.3. The Morgan fingerprint density at radius 2 is 1.80 bits per heavy atom. The summed E-state index contributed by atoms with van der Waals surface area (Å²) >= 11 is 0. The minimum absolute atomic E-state index is 0.00510. The molecule has 0 spiro atoms. The van der Waals surface area contributed by atoms with E-state index in [0.29, 0.717) is 0 Å². The lowest BCUT2D eigenvalue weighted by Crippen LogP contribution is -2.50. The second-order valence-electron chi connectivity index (χ2n) is 4.38. The molecule has 1 radical (unpaired) electrons. The van der Waals surface area contributed by atoms with Crippen LogP contribution in [-0.4, -0.2) is 55.0 Å². The van der Waals surface area contributed by atoms with Gasteiger partial charge in [0.25, 0.3) is 0 Å². The van der Waals surface area contributed by atoms with E-state index in [1.807, 2.05) is 18.7 Å². The van der Waals surface area contributed by atoms with E-state index >= 15 is 0 Å². The summed E-state index contributed by atoms with van der Waals surface area (Å²) in [6.07, 6.45) is 0.720. The zero-order valence-electron chi connectivity index (χ0n) is 9.74. The number of piperazine rings is 1. The smallest absolute Gasteiger partial charge is 0.225 e. The van der Waals surface area contributed by atoms with Gasteiger partial charge < -0.3 is 4.90 Å². The normalized spacial score (nSPS) is 18.5. The Bertz CT molecular complexity index is 199. The molecule has 1 fully saturated rings. The lowest BCUT2D eigenvalue weighted by Gasteiger charge is -2.35. The van der Waals surface area contributed by atoms with E-state index in [9.17, 15) is 9.90 Å². The first-order chi connectivity index (χ1) is 7.15. The standard InChI is InChI=1S/C11H21N2O2/c1-10(2)11(15)13-7-5-12(6-8-13)4-3-9-14/h10H,3-9H2,1-2H3. The van der Waals surface area contributed by atoms with Gasteiger partial charge in [0, 0.05) is 38.6 Å². The van der Waals surface area contributed by atoms with Gasteiger partial charge in [-0.3, -0.25) is 9.69 Å². The van der Waals surface area contributed by atoms with Gasteiger partial charge in [0.05, 0.1) is 6.61 Å². The molecule has 4 nitrogen and oxygen atoms in total. The van der Waals surface area contributed by atoms with Crippen molar-refractivity contribution in [3.05, 3.63) is 0 Å². The molecule has 0 bridgehead atoms. The van der Waals surface area contributed by atoms with Crippen LogP contribution in [-0.2, 0) is 9.90 Å². The largest absolute Gasteiger partial charge is 0.340 e. The summed E-state index contributed by atoms with van der Waals surface area (Å²) in [5.74, 6) is 0.344. The third-order valence-electron chi connectivity index (χ3n) is 2.80. The number of carbonyl (C=O) groups excluding carboxylic acids is 1. The quantitative estimate of drug-likeness (QED) is 0.686. The van der Waals surface area contributed by atoms with Crippen LogP contribution in [0.4, 0.5) is 0 Å². The van der Waals surface area contributed by atoms with Gasteiger partial charge in [0.2, 0.25) is 5.91 Å². The lowest BCUT2D eigenvalue weighted by molar-refractivity contribution is -0.136. The zero-order valence-corrected chi connectivity index (χ0v) is 9.74. The number of amides is 1. The summed E-state index contributed by atoms with van der Waals surface area (Å²) in [5.41, 5.74) is 0. The average molecular weight is 213 g/mol. The summed E-state index contributed by atoms with van der Waals surface area (Å²) in [6.45, 7) is 8.22. The fourth-order valence-corrected chi connectivity index (χ4v) is 1.85. The van der Waals surface area contributed by atoms with Crippen LogP contribution in [0.2, 0.25) is 0 Å². The molecule has 1 aliphatic heterocycles. The number of rotatable bonds is 4. The Hall–Kier alpha value is -0.610. The summed E-state index contributed by atoms with van der Waals surface area (Å²) in [7, 11) is 0. The summed E-state index contributed by atoms with van der Waals surface area (Å²) < 4.78 is 0. The topological polar surface area (TPSA) is 43.5 Å². The van der Waals surface area contributed by atoms with Gasteiger partial charge in [0.15, 0.2) is 0 Å². The highest BCUT2D eigenvalue weighted by atomic mass is 16.3. The first-order valence-corrected chi connectivity index (χ1v) is 5.74. The van der Waals surface area contributed by atoms with Crippen molar-refractivity contribution in [3.63, 3.8) is 0 Å². The van der Waals surface area contributed by atoms with Crippen LogP contribution in [0.1, 0.15) is 20.3 Å². The molecule has 0 saturated carbocycles. The monoisotopic (exact) mass is 213 g/mol. The zero-order chi connectivity index (χ0) is 11.3. The molecule has 1 aliphatic rings. The average Bonchev–Trinajstić information content (AvgIpc) is 2.26. The van der Waals surface area contributed by atoms with Gasteiger partial charge in [-0.2, -0.15) is 0 Å². The highest BCUT2D eigenvalue weighted by Crippen LogP contribution is 2.07. The van der Waals surface area contributed by atoms with Crippen molar-refractivity contribution >= 4 is 5.91 Å². The van der Waals surface area contributed by atoms with E-state index in [-0.39, 0.29) is 18.4 Å². The molecule has 4 heteroatoms. The van der Waals surface area contributed by atoms with Gasteiger partial charge in [-0.25, -0.2) is 5.11 Å². The second-order valence-corrected chi connectivity index (χ2v) is 4.38. The van der Waals surface area contributed by atoms with Crippen molar-refractivity contribution in [1.82, 2.24) is 9.80 Å². The van der Waals surface area contributed by atoms with E-state index in [4.69, 9.17) is 0 Å². The molecule has 1 amide bonds. The summed E-state index contributed by atoms with van der Waals surface area (Å²) in [4.78, 5) is 15.9. The van der Waals surface area contributed by atoms with Crippen molar-refractivity contribution in [2.24, 2.45) is 5.92 Å². The van der Waals surface area contributed by atoms with E-state index in [1.165, 1.54) is 0 Å². The number of nitrogens with zero attached hydrogens (tertiary/aromatic N) is 2. The fourth-order valence-electron chi connectivity index (χ4n) is 1.85. The van der Waals surface area contributed by atoms with Crippen molar-refractivity contribution in [2.45, 2.75) is 20.3 Å². The first-order valence-electron chi connectivity index (χ1n) is 5.74. The van der Waals surface area contributed by atoms with Crippen LogP contribution in [0.15, 0.2) is 0 Å². The number of carbonyl (C=O) groups is 1. The van der Waals surface area contributed by atoms with Crippen LogP contribution in [0.25, 0.3) is 0 Å². The molecule has 0 aromatic heterocycles. The summed E-state index contributed by atoms with van der Waals surface area (Å²) in [6, 6.07) is 0. The molecule has 0 aliphatic carbocycles. The first kappa shape index (κ1) is 12.5. The van der Waals surface area contributed by atoms with Gasteiger partial charge in [0.1, 0.15) is 0 Å². The van der Waals surface area contributed by atoms with Crippen LogP contribution in [0.5, 0.6) is 0 Å². The Morgan fingerprint density at radius 3 is 2.27 bits per heavy atom. The Kier molecular flexibility index (Phi) is 5.05. The van der Waals surface area contributed by atoms with E-state index < -0.39 is 0 Å². The number of hydrogen-bond donors (Lipinski definition) is 0. The molecule has 0 aromatic carbocycles. The van der Waals surface area contributed by atoms with Crippen molar-refractivity contribution < 1.29 is 9.90 Å². The second kappa shape index (κ2) is 6.08. The molecule has 0 N–H and O–H groups in total. The maximum Gasteiger partial charge on any atom is 0.225 e. The molecule has 0 unspecified atom stereocenters. The molecular formula is C11H21N2O2. The van der Waals surface area contributed by atoms with Crippen molar-refractivity contribution in [1.29, 1.82) is 0 Å². The van der Waals surface area contributed by atoms with Crippen LogP contribution in [0.3, 0.4) is 0 Å². The van der Waals surface area contributed by atoms with Gasteiger partial charge in [-0.1, -0.05) is 13.8 Å². The lowest BCUT2D eigenvalue weighted by atomic mass is 10.1. The highest BCUT2D eigenvalue weighted by molar-refractivity contribution is 5.78. The predicted octanol–water partition coefficient (Wildman–Crippen LogP) is 0.607. The van der Waals surface area contributed by atoms with Gasteiger partial charge in [-0.05, 0) is 6.42 Å². The number of hydrogen-bond acceptors (Lipinski definition) is 2. The Labute approximate surface area is 91.9 Å². The molecule has 0 aromatic rings. The van der Waals surface area contributed by atoms with Gasteiger partial charge >= 0.3 is 0 Å². The molecule has 0 atom stereocenters.